The van der Waals surface area contributed by atoms with E-state index in [0.717, 1.165) is 35.2 Å². The molecule has 2 aliphatic heterocycles. The number of hydrogen-bond donors (Lipinski definition) is 2. The fourth-order valence-corrected chi connectivity index (χ4v) is 10.2. The lowest BCUT2D eigenvalue weighted by Crippen LogP contribution is -2.29. The van der Waals surface area contributed by atoms with Gasteiger partial charge in [0.25, 0.3) is 0 Å². The van der Waals surface area contributed by atoms with E-state index in [0.29, 0.717) is 16.1 Å². The summed E-state index contributed by atoms with van der Waals surface area (Å²) in [6.07, 6.45) is 8.00. The molecule has 9 rings (SSSR count). The third-order valence-corrected chi connectivity index (χ3v) is 14.6. The Morgan fingerprint density at radius 3 is 2.02 bits per heavy atom. The smallest absolute Gasteiger partial charge is 0.423 e. The maximum absolute atomic E-state index is 12.5. The molecule has 2 aromatic heterocycles. The van der Waals surface area contributed by atoms with Crippen molar-refractivity contribution in [3.8, 4) is 6.07 Å². The Hall–Kier alpha value is -6.32. The Labute approximate surface area is 377 Å². The number of aliphatic imine (C=N–C) groups is 1. The highest BCUT2D eigenvalue weighted by molar-refractivity contribution is 7.99. The Kier molecular flexibility index (Phi) is 14.4. The zero-order valence-electron chi connectivity index (χ0n) is 34.8. The van der Waals surface area contributed by atoms with Gasteiger partial charge in [-0.1, -0.05) is 109 Å². The summed E-state index contributed by atoms with van der Waals surface area (Å²) in [7, 11) is -4.98. The highest BCUT2D eigenvalue weighted by atomic mass is 32.2. The molecule has 312 valence electrons. The number of benzene rings is 5. The topological polar surface area (TPSA) is 141 Å². The number of fused-ring (bicyclic) bond motifs is 4. The Bertz CT molecular complexity index is 3020. The van der Waals surface area contributed by atoms with Gasteiger partial charge in [0.1, 0.15) is 11.9 Å². The lowest BCUT2D eigenvalue weighted by molar-refractivity contribution is 0.425. The number of aryl methyl sites for hydroxylation is 1. The minimum absolute atomic E-state index is 0.221. The fraction of sp³-hybridized carbons (Fsp3) is 0.140. The van der Waals surface area contributed by atoms with Crippen molar-refractivity contribution in [1.29, 1.82) is 5.26 Å². The van der Waals surface area contributed by atoms with Crippen LogP contribution in [-0.4, -0.2) is 47.1 Å². The van der Waals surface area contributed by atoms with Gasteiger partial charge in [-0.05, 0) is 120 Å². The van der Waals surface area contributed by atoms with Crippen LogP contribution in [0.25, 0.3) is 4.85 Å². The van der Waals surface area contributed by atoms with Gasteiger partial charge in [0.05, 0.1) is 17.0 Å². The first kappa shape index (κ1) is 44.7. The van der Waals surface area contributed by atoms with Gasteiger partial charge in [-0.3, -0.25) is 15.0 Å². The predicted molar refractivity (Wildman–Crippen MR) is 252 cm³/mol. The van der Waals surface area contributed by atoms with Crippen LogP contribution >= 0.6 is 23.5 Å². The molecule has 0 amide bonds. The number of nitrogens with zero attached hydrogens (tertiary/aromatic N) is 5. The van der Waals surface area contributed by atoms with Gasteiger partial charge in [0.15, 0.2) is 9.84 Å². The standard InChI is InChI=1S/C23H21NO2S2.C21H16N2S.C6H5BN2O2/c1-16-7-10-21(11-8-16)28(25,26)15-24-17(2)18-9-12-23-20(13-18)14-19-5-3-4-6-22(19)27-23;1-14(19-8-15(11-22)12-23-13-19)16-6-7-21-18(9-16)10-17-4-2-3-5-20(17)24-21;1-8-6-2-5(7(10)11)3-9-4-6/h3-13H,14-15H2,1-2H3;2-9,12-14H,10H2,1H3;2-4,10-11H. The van der Waals surface area contributed by atoms with Crippen LogP contribution in [0.2, 0.25) is 0 Å². The second-order valence-electron chi connectivity index (χ2n) is 15.1. The summed E-state index contributed by atoms with van der Waals surface area (Å²) in [6.45, 7) is 12.6. The van der Waals surface area contributed by atoms with Crippen LogP contribution in [0.15, 0.2) is 176 Å². The van der Waals surface area contributed by atoms with E-state index in [2.05, 4.69) is 112 Å². The molecular weight excluding hydrogens is 842 g/mol. The summed E-state index contributed by atoms with van der Waals surface area (Å²) in [4.78, 5) is 20.9. The maximum Gasteiger partial charge on any atom is 0.488 e. The first-order valence-corrected chi connectivity index (χ1v) is 23.3. The Morgan fingerprint density at radius 1 is 0.778 bits per heavy atom. The average molecular weight is 884 g/mol. The second kappa shape index (κ2) is 20.2. The van der Waals surface area contributed by atoms with Crippen molar-refractivity contribution in [3.63, 3.8) is 0 Å². The number of hydrogen-bond acceptors (Lipinski definition) is 10. The predicted octanol–water partition coefficient (Wildman–Crippen LogP) is 9.76. The lowest BCUT2D eigenvalue weighted by atomic mass is 9.81. The largest absolute Gasteiger partial charge is 0.488 e. The molecule has 0 radical (unpaired) electrons. The third-order valence-electron chi connectivity index (χ3n) is 10.6. The van der Waals surface area contributed by atoms with Crippen LogP contribution < -0.4 is 5.46 Å². The van der Waals surface area contributed by atoms with E-state index in [1.807, 2.05) is 56.1 Å². The number of rotatable bonds is 7. The van der Waals surface area contributed by atoms with Crippen molar-refractivity contribution in [2.24, 2.45) is 4.99 Å². The van der Waals surface area contributed by atoms with Gasteiger partial charge in [-0.15, -0.1) is 0 Å². The van der Waals surface area contributed by atoms with Gasteiger partial charge in [-0.25, -0.2) is 13.3 Å². The minimum atomic E-state index is -3.43. The summed E-state index contributed by atoms with van der Waals surface area (Å²) in [5, 5.41) is 26.4. The van der Waals surface area contributed by atoms with Crippen molar-refractivity contribution in [1.82, 2.24) is 9.97 Å². The highest BCUT2D eigenvalue weighted by Crippen LogP contribution is 2.41. The van der Waals surface area contributed by atoms with E-state index < -0.39 is 17.0 Å². The van der Waals surface area contributed by atoms with Crippen LogP contribution in [0, 0.1) is 24.8 Å². The molecule has 13 heteroatoms. The van der Waals surface area contributed by atoms with Crippen molar-refractivity contribution >= 4 is 57.3 Å². The number of pyridine rings is 2. The normalized spacial score (nSPS) is 12.8. The van der Waals surface area contributed by atoms with Crippen LogP contribution in [-0.2, 0) is 22.7 Å². The molecule has 4 heterocycles. The van der Waals surface area contributed by atoms with E-state index in [9.17, 15) is 8.42 Å². The molecule has 0 spiro atoms. The van der Waals surface area contributed by atoms with E-state index in [1.165, 1.54) is 65.9 Å². The molecule has 7 aromatic rings. The summed E-state index contributed by atoms with van der Waals surface area (Å²) < 4.78 is 25.1. The first-order chi connectivity index (χ1) is 30.4. The van der Waals surface area contributed by atoms with Gasteiger partial charge in [-0.2, -0.15) is 5.26 Å². The van der Waals surface area contributed by atoms with E-state index >= 15 is 0 Å². The van der Waals surface area contributed by atoms with Crippen molar-refractivity contribution in [2.45, 2.75) is 64.0 Å². The Balaban J connectivity index is 0.000000154. The van der Waals surface area contributed by atoms with E-state index in [1.54, 1.807) is 30.1 Å². The fourth-order valence-electron chi connectivity index (χ4n) is 6.98. The van der Waals surface area contributed by atoms with Crippen molar-refractivity contribution in [3.05, 3.63) is 208 Å². The van der Waals surface area contributed by atoms with Crippen LogP contribution in [0.3, 0.4) is 0 Å². The molecule has 0 saturated carbocycles. The van der Waals surface area contributed by atoms with Crippen LogP contribution in [0.1, 0.15) is 69.8 Å². The molecular formula is C50H42BN5O4S3. The average Bonchev–Trinajstić information content (AvgIpc) is 3.31. The zero-order valence-corrected chi connectivity index (χ0v) is 37.3. The zero-order chi connectivity index (χ0) is 44.5. The molecule has 9 nitrogen and oxygen atoms in total. The SMILES string of the molecule is CC(=NCS(=O)(=O)c1ccc(C)cc1)c1ccc2c(c1)Cc1ccccc1S2.CC(c1cncc(C#N)c1)c1ccc2c(c1)Cc1ccccc1S2.[C-]#[N+]c1cncc(B(O)O)c1. The molecule has 1 atom stereocenters. The van der Waals surface area contributed by atoms with Crippen molar-refractivity contribution < 1.29 is 18.5 Å². The first-order valence-electron chi connectivity index (χ1n) is 20.0. The molecule has 5 aromatic carbocycles. The number of sulfone groups is 1. The number of aromatic nitrogens is 2. The van der Waals surface area contributed by atoms with Gasteiger partial charge < -0.3 is 10.0 Å². The van der Waals surface area contributed by atoms with Gasteiger partial charge in [0, 0.05) is 56.0 Å². The molecule has 2 N–H and O–H groups in total. The lowest BCUT2D eigenvalue weighted by Gasteiger charge is -2.21. The molecule has 63 heavy (non-hydrogen) atoms. The molecule has 0 saturated heterocycles. The van der Waals surface area contributed by atoms with E-state index in [4.69, 9.17) is 21.9 Å². The third kappa shape index (κ3) is 11.2. The Morgan fingerprint density at radius 2 is 1.38 bits per heavy atom. The number of nitriles is 1. The summed E-state index contributed by atoms with van der Waals surface area (Å²) in [6, 6.07) is 42.4. The molecule has 0 fully saturated rings. The second-order valence-corrected chi connectivity index (χ2v) is 19.2. The van der Waals surface area contributed by atoms with E-state index in [-0.39, 0.29) is 17.3 Å². The maximum atomic E-state index is 12.5. The monoisotopic (exact) mass is 883 g/mol. The highest BCUT2D eigenvalue weighted by Gasteiger charge is 2.20. The molecule has 1 unspecified atom stereocenters. The summed E-state index contributed by atoms with van der Waals surface area (Å²) in [5.41, 5.74) is 11.6. The van der Waals surface area contributed by atoms with Gasteiger partial charge in [0.2, 0.25) is 5.69 Å². The summed E-state index contributed by atoms with van der Waals surface area (Å²) in [5.74, 6) is -0.0189. The molecule has 0 aliphatic carbocycles. The molecule has 0 bridgehead atoms. The molecule has 2 aliphatic rings. The van der Waals surface area contributed by atoms with Gasteiger partial charge >= 0.3 is 7.12 Å². The van der Waals surface area contributed by atoms with Crippen LogP contribution in [0.4, 0.5) is 5.69 Å². The quantitative estimate of drug-likeness (QED) is 0.0910. The summed E-state index contributed by atoms with van der Waals surface area (Å²) >= 11 is 3.63. The minimum Gasteiger partial charge on any atom is -0.423 e. The van der Waals surface area contributed by atoms with Crippen LogP contribution in [0.5, 0.6) is 0 Å². The van der Waals surface area contributed by atoms with Crippen molar-refractivity contribution in [2.75, 3.05) is 5.88 Å².